The van der Waals surface area contributed by atoms with Crippen molar-refractivity contribution in [2.24, 2.45) is 11.8 Å². The molecule has 1 atom stereocenters. The van der Waals surface area contributed by atoms with Gasteiger partial charge in [-0.25, -0.2) is 0 Å². The van der Waals surface area contributed by atoms with Crippen LogP contribution < -0.4 is 6.15 Å². The minimum absolute atomic E-state index is 0. The maximum Gasteiger partial charge on any atom is 0.306 e. The Morgan fingerprint density at radius 3 is 2.36 bits per heavy atom. The highest BCUT2D eigenvalue weighted by atomic mass is 16.4. The topological polar surface area (TPSA) is 72.3 Å². The third-order valence-electron chi connectivity index (χ3n) is 3.14. The molecule has 3 heteroatoms. The van der Waals surface area contributed by atoms with Crippen LogP contribution in [0.5, 0.6) is 0 Å². The summed E-state index contributed by atoms with van der Waals surface area (Å²) < 4.78 is 0. The van der Waals surface area contributed by atoms with Gasteiger partial charge >= 0.3 is 5.97 Å². The van der Waals surface area contributed by atoms with Gasteiger partial charge in [-0.3, -0.25) is 4.79 Å². The summed E-state index contributed by atoms with van der Waals surface area (Å²) in [4.78, 5) is 11.0. The van der Waals surface area contributed by atoms with Crippen molar-refractivity contribution in [3.05, 3.63) is 0 Å². The molecule has 14 heavy (non-hydrogen) atoms. The molecular formula is C11H23NO2. The molecule has 0 aromatic carbocycles. The number of rotatable bonds is 4. The molecular weight excluding hydrogens is 178 g/mol. The molecule has 3 nitrogen and oxygen atoms in total. The zero-order valence-corrected chi connectivity index (χ0v) is 9.17. The zero-order valence-electron chi connectivity index (χ0n) is 9.17. The summed E-state index contributed by atoms with van der Waals surface area (Å²) in [5.74, 6) is -0.176. The third kappa shape index (κ3) is 3.66. The van der Waals surface area contributed by atoms with Crippen molar-refractivity contribution in [3.63, 3.8) is 0 Å². The summed E-state index contributed by atoms with van der Waals surface area (Å²) in [6.45, 7) is 2.07. The average Bonchev–Trinajstić information content (AvgIpc) is 2.15. The van der Waals surface area contributed by atoms with Gasteiger partial charge in [0.05, 0.1) is 5.92 Å². The number of aliphatic carboxylic acids is 1. The third-order valence-corrected chi connectivity index (χ3v) is 3.14. The first kappa shape index (κ1) is 13.4. The number of carbonyl (C=O) groups is 1. The molecule has 1 fully saturated rings. The molecule has 4 N–H and O–H groups in total. The predicted octanol–water partition coefficient (Wildman–Crippen LogP) is 3.23. The first-order valence-corrected chi connectivity index (χ1v) is 5.48. The quantitative estimate of drug-likeness (QED) is 0.733. The first-order valence-electron chi connectivity index (χ1n) is 5.48. The fourth-order valence-electron chi connectivity index (χ4n) is 2.41. The van der Waals surface area contributed by atoms with Gasteiger partial charge in [0.2, 0.25) is 0 Å². The van der Waals surface area contributed by atoms with Crippen LogP contribution in [-0.2, 0) is 4.79 Å². The molecule has 0 aliphatic heterocycles. The Morgan fingerprint density at radius 1 is 1.36 bits per heavy atom. The Kier molecular flexibility index (Phi) is 6.54. The summed E-state index contributed by atoms with van der Waals surface area (Å²) in [7, 11) is 0. The Labute approximate surface area is 86.5 Å². The number of hydrogen-bond acceptors (Lipinski definition) is 2. The van der Waals surface area contributed by atoms with Gasteiger partial charge < -0.3 is 11.3 Å². The van der Waals surface area contributed by atoms with Gasteiger partial charge in [-0.15, -0.1) is 0 Å². The molecule has 0 radical (unpaired) electrons. The molecule has 0 aromatic heterocycles. The Morgan fingerprint density at radius 2 is 1.93 bits per heavy atom. The lowest BCUT2D eigenvalue weighted by molar-refractivity contribution is -0.144. The number of carboxylic acids is 1. The van der Waals surface area contributed by atoms with Gasteiger partial charge in [-0.05, 0) is 25.2 Å². The maximum atomic E-state index is 11.0. The fraction of sp³-hybridized carbons (Fsp3) is 0.909. The molecule has 1 rings (SSSR count). The summed E-state index contributed by atoms with van der Waals surface area (Å²) in [6, 6.07) is 0. The lowest BCUT2D eigenvalue weighted by Crippen LogP contribution is -2.25. The van der Waals surface area contributed by atoms with E-state index in [0.717, 1.165) is 25.7 Å². The predicted molar refractivity (Wildman–Crippen MR) is 57.6 cm³/mol. The van der Waals surface area contributed by atoms with Crippen LogP contribution in [0.25, 0.3) is 0 Å². The number of hydrogen-bond donors (Lipinski definition) is 2. The monoisotopic (exact) mass is 201 g/mol. The van der Waals surface area contributed by atoms with Crippen LogP contribution in [-0.4, -0.2) is 11.1 Å². The largest absolute Gasteiger partial charge is 0.481 e. The van der Waals surface area contributed by atoms with Gasteiger partial charge in [-0.1, -0.05) is 32.6 Å². The minimum atomic E-state index is -0.575. The SMILES string of the molecule is CCCC(C(=O)O)C1CCCCC1.N. The smallest absolute Gasteiger partial charge is 0.306 e. The second kappa shape index (κ2) is 6.82. The first-order chi connectivity index (χ1) is 6.25. The molecule has 0 heterocycles. The lowest BCUT2D eigenvalue weighted by Gasteiger charge is -2.27. The van der Waals surface area contributed by atoms with E-state index in [-0.39, 0.29) is 12.1 Å². The van der Waals surface area contributed by atoms with Crippen molar-refractivity contribution < 1.29 is 9.90 Å². The van der Waals surface area contributed by atoms with Gasteiger partial charge in [0.1, 0.15) is 0 Å². The highest BCUT2D eigenvalue weighted by molar-refractivity contribution is 5.70. The van der Waals surface area contributed by atoms with E-state index in [1.165, 1.54) is 19.3 Å². The van der Waals surface area contributed by atoms with Crippen LogP contribution in [0.1, 0.15) is 51.9 Å². The van der Waals surface area contributed by atoms with Crippen LogP contribution in [0, 0.1) is 11.8 Å². The van der Waals surface area contributed by atoms with E-state index < -0.39 is 5.97 Å². The van der Waals surface area contributed by atoms with E-state index in [4.69, 9.17) is 5.11 Å². The molecule has 1 aliphatic carbocycles. The maximum absolute atomic E-state index is 11.0. The van der Waals surface area contributed by atoms with Crippen molar-refractivity contribution >= 4 is 5.97 Å². The van der Waals surface area contributed by atoms with Crippen LogP contribution in [0.3, 0.4) is 0 Å². The van der Waals surface area contributed by atoms with Crippen LogP contribution in [0.4, 0.5) is 0 Å². The van der Waals surface area contributed by atoms with Gasteiger partial charge in [-0.2, -0.15) is 0 Å². The zero-order chi connectivity index (χ0) is 9.68. The highest BCUT2D eigenvalue weighted by Crippen LogP contribution is 2.32. The summed E-state index contributed by atoms with van der Waals surface area (Å²) in [6.07, 6.45) is 7.90. The Hall–Kier alpha value is -0.570. The van der Waals surface area contributed by atoms with E-state index in [1.54, 1.807) is 0 Å². The van der Waals surface area contributed by atoms with E-state index in [9.17, 15) is 4.79 Å². The van der Waals surface area contributed by atoms with E-state index in [2.05, 4.69) is 6.92 Å². The van der Waals surface area contributed by atoms with Crippen LogP contribution in [0.2, 0.25) is 0 Å². The molecule has 0 saturated heterocycles. The van der Waals surface area contributed by atoms with Crippen LogP contribution in [0.15, 0.2) is 0 Å². The fourth-order valence-corrected chi connectivity index (χ4v) is 2.41. The van der Waals surface area contributed by atoms with Gasteiger partial charge in [0.25, 0.3) is 0 Å². The molecule has 0 amide bonds. The van der Waals surface area contributed by atoms with Crippen molar-refractivity contribution in [2.45, 2.75) is 51.9 Å². The van der Waals surface area contributed by atoms with Crippen molar-refractivity contribution in [2.75, 3.05) is 0 Å². The second-order valence-corrected chi connectivity index (χ2v) is 4.13. The van der Waals surface area contributed by atoms with Gasteiger partial charge in [0.15, 0.2) is 0 Å². The molecule has 1 aliphatic rings. The lowest BCUT2D eigenvalue weighted by atomic mass is 9.78. The van der Waals surface area contributed by atoms with Crippen LogP contribution >= 0.6 is 0 Å². The summed E-state index contributed by atoms with van der Waals surface area (Å²) in [5, 5.41) is 9.06. The molecule has 0 bridgehead atoms. The molecule has 1 saturated carbocycles. The molecule has 0 spiro atoms. The molecule has 1 unspecified atom stereocenters. The average molecular weight is 201 g/mol. The van der Waals surface area contributed by atoms with E-state index in [0.29, 0.717) is 5.92 Å². The second-order valence-electron chi connectivity index (χ2n) is 4.13. The Bertz CT molecular complexity index is 165. The number of carboxylic acid groups (broad SMARTS) is 1. The van der Waals surface area contributed by atoms with Crippen molar-refractivity contribution in [3.8, 4) is 0 Å². The van der Waals surface area contributed by atoms with E-state index in [1.807, 2.05) is 0 Å². The Balaban J connectivity index is 0.00000169. The van der Waals surface area contributed by atoms with E-state index >= 15 is 0 Å². The summed E-state index contributed by atoms with van der Waals surface area (Å²) >= 11 is 0. The molecule has 0 aromatic rings. The van der Waals surface area contributed by atoms with Gasteiger partial charge in [0, 0.05) is 0 Å². The molecule has 84 valence electrons. The van der Waals surface area contributed by atoms with Crippen molar-refractivity contribution in [1.29, 1.82) is 0 Å². The minimum Gasteiger partial charge on any atom is -0.481 e. The highest BCUT2D eigenvalue weighted by Gasteiger charge is 2.28. The standard InChI is InChI=1S/C11H20O2.H3N/c1-2-6-10(11(12)13)9-7-4-3-5-8-9;/h9-10H,2-8H2,1H3,(H,12,13);1H3. The summed E-state index contributed by atoms with van der Waals surface area (Å²) in [5.41, 5.74) is 0. The van der Waals surface area contributed by atoms with Crippen molar-refractivity contribution in [1.82, 2.24) is 6.15 Å². The normalized spacial score (nSPS) is 19.8.